The molecule has 1 fully saturated rings. The van der Waals surface area contributed by atoms with Gasteiger partial charge in [-0.05, 0) is 55.1 Å². The zero-order valence-electron chi connectivity index (χ0n) is 16.3. The van der Waals surface area contributed by atoms with Gasteiger partial charge in [0.15, 0.2) is 0 Å². The van der Waals surface area contributed by atoms with Gasteiger partial charge >= 0.3 is 0 Å². The molecule has 3 aromatic rings. The van der Waals surface area contributed by atoms with Crippen LogP contribution < -0.4 is 4.74 Å². The molecule has 2 aromatic carbocycles. The normalized spacial score (nSPS) is 16.5. The van der Waals surface area contributed by atoms with Gasteiger partial charge in [-0.15, -0.1) is 0 Å². The van der Waals surface area contributed by atoms with Crippen molar-refractivity contribution in [2.24, 2.45) is 0 Å². The van der Waals surface area contributed by atoms with Gasteiger partial charge in [0.2, 0.25) is 5.88 Å². The third-order valence-corrected chi connectivity index (χ3v) is 5.60. The van der Waals surface area contributed by atoms with E-state index in [2.05, 4.69) is 41.1 Å². The number of ether oxygens (including phenoxy) is 1. The van der Waals surface area contributed by atoms with E-state index in [1.165, 1.54) is 29.3 Å². The van der Waals surface area contributed by atoms with Crippen LogP contribution in [0.3, 0.4) is 0 Å². The number of rotatable bonds is 5. The third kappa shape index (κ3) is 4.76. The average Bonchev–Trinajstić information content (AvgIpc) is 3.19. The number of nitrogens with zero attached hydrogens (tertiary/aromatic N) is 3. The molecule has 5 heteroatoms. The Hall–Kier alpha value is -2.87. The van der Waals surface area contributed by atoms with Crippen molar-refractivity contribution in [1.29, 1.82) is 5.26 Å². The highest BCUT2D eigenvalue weighted by atomic mass is 35.5. The summed E-state index contributed by atoms with van der Waals surface area (Å²) in [5.41, 5.74) is 4.39. The van der Waals surface area contributed by atoms with Crippen LogP contribution in [-0.4, -0.2) is 23.0 Å². The maximum atomic E-state index is 8.85. The summed E-state index contributed by atoms with van der Waals surface area (Å²) in [6.45, 7) is 5.15. The van der Waals surface area contributed by atoms with Crippen LogP contribution in [0.4, 0.5) is 0 Å². The monoisotopic (exact) mass is 403 g/mol. The molecule has 0 aliphatic carbocycles. The third-order valence-electron chi connectivity index (χ3n) is 5.30. The van der Waals surface area contributed by atoms with Gasteiger partial charge in [-0.3, -0.25) is 4.90 Å². The van der Waals surface area contributed by atoms with Crippen LogP contribution in [-0.2, 0) is 6.54 Å². The number of pyridine rings is 1. The molecule has 1 aliphatic rings. The summed E-state index contributed by atoms with van der Waals surface area (Å²) in [6, 6.07) is 20.2. The molecule has 29 heavy (non-hydrogen) atoms. The summed E-state index contributed by atoms with van der Waals surface area (Å²) in [5.74, 6) is 1.57. The number of aryl methyl sites for hydroxylation is 1. The van der Waals surface area contributed by atoms with E-state index in [9.17, 15) is 0 Å². The number of hydrogen-bond donors (Lipinski definition) is 0. The van der Waals surface area contributed by atoms with Gasteiger partial charge in [0, 0.05) is 25.4 Å². The molecule has 0 N–H and O–H groups in total. The van der Waals surface area contributed by atoms with E-state index < -0.39 is 0 Å². The Morgan fingerprint density at radius 1 is 1.17 bits per heavy atom. The molecular formula is C24H22ClN3O. The average molecular weight is 404 g/mol. The summed E-state index contributed by atoms with van der Waals surface area (Å²) in [7, 11) is 0. The van der Waals surface area contributed by atoms with Gasteiger partial charge in [-0.1, -0.05) is 47.5 Å². The van der Waals surface area contributed by atoms with Crippen LogP contribution >= 0.6 is 11.6 Å². The number of aromatic nitrogens is 1. The number of hydrogen-bond acceptors (Lipinski definition) is 4. The first-order chi connectivity index (χ1) is 14.1. The van der Waals surface area contributed by atoms with Crippen molar-refractivity contribution in [3.8, 4) is 17.7 Å². The van der Waals surface area contributed by atoms with Gasteiger partial charge in [-0.2, -0.15) is 5.26 Å². The topological polar surface area (TPSA) is 49.1 Å². The minimum absolute atomic E-state index is 0.416. The lowest BCUT2D eigenvalue weighted by atomic mass is 9.98. The van der Waals surface area contributed by atoms with Crippen LogP contribution in [0.25, 0.3) is 0 Å². The van der Waals surface area contributed by atoms with Gasteiger partial charge in [0.1, 0.15) is 11.8 Å². The summed E-state index contributed by atoms with van der Waals surface area (Å²) in [5, 5.41) is 9.40. The first kappa shape index (κ1) is 19.4. The molecule has 4 rings (SSSR count). The van der Waals surface area contributed by atoms with Crippen LogP contribution in [0, 0.1) is 18.3 Å². The number of likely N-dealkylation sites (tertiary alicyclic amines) is 1. The molecule has 0 amide bonds. The first-order valence-electron chi connectivity index (χ1n) is 9.72. The second kappa shape index (κ2) is 8.65. The van der Waals surface area contributed by atoms with Crippen molar-refractivity contribution in [1.82, 2.24) is 9.88 Å². The van der Waals surface area contributed by atoms with Crippen molar-refractivity contribution in [2.45, 2.75) is 25.8 Å². The van der Waals surface area contributed by atoms with Crippen molar-refractivity contribution >= 4 is 11.6 Å². The van der Waals surface area contributed by atoms with Crippen LogP contribution in [0.15, 0.2) is 60.8 Å². The smallest absolute Gasteiger partial charge is 0.219 e. The van der Waals surface area contributed by atoms with Crippen LogP contribution in [0.5, 0.6) is 11.6 Å². The predicted molar refractivity (Wildman–Crippen MR) is 114 cm³/mol. The lowest BCUT2D eigenvalue weighted by molar-refractivity contribution is 0.326. The Morgan fingerprint density at radius 2 is 2.00 bits per heavy atom. The molecular weight excluding hydrogens is 382 g/mol. The maximum Gasteiger partial charge on any atom is 0.219 e. The second-order valence-electron chi connectivity index (χ2n) is 7.50. The maximum absolute atomic E-state index is 8.85. The van der Waals surface area contributed by atoms with Crippen molar-refractivity contribution in [3.63, 3.8) is 0 Å². The molecule has 1 unspecified atom stereocenters. The van der Waals surface area contributed by atoms with Gasteiger partial charge < -0.3 is 4.74 Å². The molecule has 1 aromatic heterocycles. The summed E-state index contributed by atoms with van der Waals surface area (Å²) < 4.78 is 5.75. The molecule has 1 aliphatic heterocycles. The molecule has 2 heterocycles. The Bertz CT molecular complexity index is 1030. The van der Waals surface area contributed by atoms with Gasteiger partial charge in [0.25, 0.3) is 0 Å². The molecule has 0 radical (unpaired) electrons. The highest BCUT2D eigenvalue weighted by Crippen LogP contribution is 2.32. The minimum atomic E-state index is 0.416. The predicted octanol–water partition coefficient (Wildman–Crippen LogP) is 5.70. The minimum Gasteiger partial charge on any atom is -0.437 e. The fraction of sp³-hybridized carbons (Fsp3) is 0.250. The van der Waals surface area contributed by atoms with Crippen LogP contribution in [0.1, 0.15) is 34.6 Å². The first-order valence-corrected chi connectivity index (χ1v) is 10.1. The SMILES string of the molecule is Cc1ccc(C2CCN(Cc3ccc(Oc4ccc(C#N)cn4)c(Cl)c3)C2)cc1. The summed E-state index contributed by atoms with van der Waals surface area (Å²) in [6.07, 6.45) is 2.66. The number of nitriles is 1. The lowest BCUT2D eigenvalue weighted by Gasteiger charge is -2.17. The molecule has 0 saturated carbocycles. The van der Waals surface area contributed by atoms with E-state index in [0.717, 1.165) is 19.6 Å². The van der Waals surface area contributed by atoms with E-state index in [-0.39, 0.29) is 0 Å². The highest BCUT2D eigenvalue weighted by Gasteiger charge is 2.23. The van der Waals surface area contributed by atoms with Gasteiger partial charge in [-0.25, -0.2) is 4.98 Å². The lowest BCUT2D eigenvalue weighted by Crippen LogP contribution is -2.19. The Morgan fingerprint density at radius 3 is 2.69 bits per heavy atom. The molecule has 1 saturated heterocycles. The second-order valence-corrected chi connectivity index (χ2v) is 7.90. The Kier molecular flexibility index (Phi) is 5.80. The largest absolute Gasteiger partial charge is 0.437 e. The molecule has 146 valence electrons. The van der Waals surface area contributed by atoms with E-state index in [4.69, 9.17) is 21.6 Å². The quantitative estimate of drug-likeness (QED) is 0.548. The summed E-state index contributed by atoms with van der Waals surface area (Å²) >= 11 is 6.44. The molecule has 4 nitrogen and oxygen atoms in total. The zero-order valence-corrected chi connectivity index (χ0v) is 17.1. The van der Waals surface area contributed by atoms with E-state index in [1.54, 1.807) is 12.1 Å². The fourth-order valence-corrected chi connectivity index (χ4v) is 3.93. The van der Waals surface area contributed by atoms with E-state index in [1.807, 2.05) is 24.3 Å². The summed E-state index contributed by atoms with van der Waals surface area (Å²) in [4.78, 5) is 6.59. The highest BCUT2D eigenvalue weighted by molar-refractivity contribution is 6.32. The standard InChI is InChI=1S/C24H22ClN3O/c1-17-2-6-20(7-3-17)21-10-11-28(16-21)15-18-4-8-23(22(25)12-18)29-24-9-5-19(13-26)14-27-24/h2-9,12,14,21H,10-11,15-16H2,1H3. The molecule has 0 bridgehead atoms. The van der Waals surface area contributed by atoms with Gasteiger partial charge in [0.05, 0.1) is 10.6 Å². The van der Waals surface area contributed by atoms with Crippen molar-refractivity contribution in [2.75, 3.05) is 13.1 Å². The Balaban J connectivity index is 1.38. The molecule has 1 atom stereocenters. The van der Waals surface area contributed by atoms with Crippen molar-refractivity contribution in [3.05, 3.63) is 88.1 Å². The zero-order chi connectivity index (χ0) is 20.2. The van der Waals surface area contributed by atoms with Crippen LogP contribution in [0.2, 0.25) is 5.02 Å². The number of halogens is 1. The fourth-order valence-electron chi connectivity index (χ4n) is 3.69. The van der Waals surface area contributed by atoms with Crippen molar-refractivity contribution < 1.29 is 4.74 Å². The Labute approximate surface area is 176 Å². The van der Waals surface area contributed by atoms with E-state index >= 15 is 0 Å². The molecule has 0 spiro atoms. The number of benzene rings is 2. The van der Waals surface area contributed by atoms with E-state index in [0.29, 0.717) is 28.1 Å².